The standard InChI is InChI=1S/C11H10N4O2S/c1-18-11-14-12-6-15(11)13-5-8-2-3-9-10(4-8)17-7-16-9/h2-6H,7H2,1H3/b13-5-. The van der Waals surface area contributed by atoms with Gasteiger partial charge < -0.3 is 9.47 Å². The molecule has 0 saturated carbocycles. The quantitative estimate of drug-likeness (QED) is 0.621. The summed E-state index contributed by atoms with van der Waals surface area (Å²) in [4.78, 5) is 0. The van der Waals surface area contributed by atoms with Gasteiger partial charge in [0.2, 0.25) is 11.9 Å². The molecule has 0 fully saturated rings. The molecular weight excluding hydrogens is 252 g/mol. The Hall–Kier alpha value is -2.02. The molecule has 1 aromatic carbocycles. The zero-order valence-electron chi connectivity index (χ0n) is 9.61. The van der Waals surface area contributed by atoms with Gasteiger partial charge in [0, 0.05) is 0 Å². The zero-order chi connectivity index (χ0) is 12.4. The van der Waals surface area contributed by atoms with Crippen molar-refractivity contribution in [3.8, 4) is 11.5 Å². The van der Waals surface area contributed by atoms with Gasteiger partial charge in [-0.25, -0.2) is 0 Å². The molecule has 18 heavy (non-hydrogen) atoms. The van der Waals surface area contributed by atoms with E-state index in [9.17, 15) is 0 Å². The first-order valence-electron chi connectivity index (χ1n) is 5.25. The van der Waals surface area contributed by atoms with E-state index in [0.29, 0.717) is 0 Å². The molecule has 0 amide bonds. The Morgan fingerprint density at radius 3 is 3.17 bits per heavy atom. The topological polar surface area (TPSA) is 61.5 Å². The molecule has 3 rings (SSSR count). The van der Waals surface area contributed by atoms with E-state index >= 15 is 0 Å². The monoisotopic (exact) mass is 262 g/mol. The first-order chi connectivity index (χ1) is 8.86. The largest absolute Gasteiger partial charge is 0.454 e. The van der Waals surface area contributed by atoms with Crippen molar-refractivity contribution in [2.24, 2.45) is 5.10 Å². The molecule has 0 aliphatic carbocycles. The summed E-state index contributed by atoms with van der Waals surface area (Å²) < 4.78 is 12.2. The number of nitrogens with zero attached hydrogens (tertiary/aromatic N) is 4. The fourth-order valence-corrected chi connectivity index (χ4v) is 1.97. The Bertz CT molecular complexity index is 596. The molecule has 0 atom stereocenters. The molecule has 0 spiro atoms. The Kier molecular flexibility index (Phi) is 2.89. The van der Waals surface area contributed by atoms with E-state index < -0.39 is 0 Å². The lowest BCUT2D eigenvalue weighted by Gasteiger charge is -1.98. The van der Waals surface area contributed by atoms with Gasteiger partial charge in [-0.2, -0.15) is 9.78 Å². The van der Waals surface area contributed by atoms with E-state index in [1.807, 2.05) is 24.5 Å². The third kappa shape index (κ3) is 2.04. The SMILES string of the molecule is CSc1nncn1/N=C\c1ccc2c(c1)OCO2. The Morgan fingerprint density at radius 1 is 1.39 bits per heavy atom. The van der Waals surface area contributed by atoms with Gasteiger partial charge >= 0.3 is 0 Å². The molecule has 0 bridgehead atoms. The molecule has 0 N–H and O–H groups in total. The lowest BCUT2D eigenvalue weighted by molar-refractivity contribution is 0.174. The molecule has 1 aliphatic heterocycles. The van der Waals surface area contributed by atoms with E-state index in [2.05, 4.69) is 15.3 Å². The summed E-state index contributed by atoms with van der Waals surface area (Å²) >= 11 is 1.49. The third-order valence-corrected chi connectivity index (χ3v) is 3.04. The fraction of sp³-hybridized carbons (Fsp3) is 0.182. The van der Waals surface area contributed by atoms with Crippen LogP contribution in [0, 0.1) is 0 Å². The predicted octanol–water partition coefficient (Wildman–Crippen LogP) is 1.61. The van der Waals surface area contributed by atoms with E-state index in [1.165, 1.54) is 11.8 Å². The number of aromatic nitrogens is 3. The normalized spacial score (nSPS) is 13.4. The minimum atomic E-state index is 0.276. The maximum absolute atomic E-state index is 5.30. The summed E-state index contributed by atoms with van der Waals surface area (Å²) in [6.07, 6.45) is 5.22. The number of thioether (sulfide) groups is 1. The molecule has 92 valence electrons. The van der Waals surface area contributed by atoms with Crippen LogP contribution in [-0.2, 0) is 0 Å². The van der Waals surface area contributed by atoms with Crippen LogP contribution in [0.2, 0.25) is 0 Å². The van der Waals surface area contributed by atoms with Crippen LogP contribution in [0.4, 0.5) is 0 Å². The van der Waals surface area contributed by atoms with Crippen LogP contribution in [0.3, 0.4) is 0 Å². The number of fused-ring (bicyclic) bond motifs is 1. The second kappa shape index (κ2) is 4.69. The highest BCUT2D eigenvalue weighted by atomic mass is 32.2. The van der Waals surface area contributed by atoms with Crippen molar-refractivity contribution in [1.82, 2.24) is 14.9 Å². The van der Waals surface area contributed by atoms with Crippen LogP contribution in [0.25, 0.3) is 0 Å². The number of ether oxygens (including phenoxy) is 2. The summed E-state index contributed by atoms with van der Waals surface area (Å²) in [6, 6.07) is 5.67. The molecule has 1 aromatic heterocycles. The van der Waals surface area contributed by atoms with Crippen LogP contribution in [0.15, 0.2) is 34.8 Å². The molecule has 2 aromatic rings. The third-order valence-electron chi connectivity index (χ3n) is 2.41. The van der Waals surface area contributed by atoms with Crippen molar-refractivity contribution >= 4 is 18.0 Å². The highest BCUT2D eigenvalue weighted by Crippen LogP contribution is 2.31. The maximum Gasteiger partial charge on any atom is 0.231 e. The molecule has 0 unspecified atom stereocenters. The predicted molar refractivity (Wildman–Crippen MR) is 67.4 cm³/mol. The number of hydrogen-bond acceptors (Lipinski definition) is 6. The van der Waals surface area contributed by atoms with Gasteiger partial charge in [0.1, 0.15) is 6.33 Å². The van der Waals surface area contributed by atoms with Crippen LogP contribution in [-0.4, -0.2) is 34.1 Å². The van der Waals surface area contributed by atoms with Crippen molar-refractivity contribution in [2.45, 2.75) is 5.16 Å². The minimum absolute atomic E-state index is 0.276. The van der Waals surface area contributed by atoms with Gasteiger partial charge in [-0.15, -0.1) is 10.2 Å². The summed E-state index contributed by atoms with van der Waals surface area (Å²) in [5, 5.41) is 12.7. The fourth-order valence-electron chi connectivity index (χ4n) is 1.56. The number of rotatable bonds is 3. The summed E-state index contributed by atoms with van der Waals surface area (Å²) in [5.74, 6) is 1.51. The van der Waals surface area contributed by atoms with Crippen molar-refractivity contribution in [3.05, 3.63) is 30.1 Å². The second-order valence-electron chi connectivity index (χ2n) is 3.52. The Balaban J connectivity index is 1.84. The lowest BCUT2D eigenvalue weighted by Crippen LogP contribution is -1.93. The molecule has 7 heteroatoms. The van der Waals surface area contributed by atoms with Gasteiger partial charge in [-0.05, 0) is 30.0 Å². The second-order valence-corrected chi connectivity index (χ2v) is 4.29. The van der Waals surface area contributed by atoms with Crippen LogP contribution in [0.1, 0.15) is 5.56 Å². The Labute approximate surface area is 108 Å². The van der Waals surface area contributed by atoms with Crippen molar-refractivity contribution < 1.29 is 9.47 Å². The molecule has 1 aliphatic rings. The Morgan fingerprint density at radius 2 is 2.28 bits per heavy atom. The van der Waals surface area contributed by atoms with Crippen LogP contribution < -0.4 is 9.47 Å². The smallest absolute Gasteiger partial charge is 0.231 e. The molecule has 0 radical (unpaired) electrons. The highest BCUT2D eigenvalue weighted by Gasteiger charge is 2.12. The summed E-state index contributed by atoms with van der Waals surface area (Å²) in [5.41, 5.74) is 0.931. The van der Waals surface area contributed by atoms with Crippen LogP contribution in [0.5, 0.6) is 11.5 Å². The van der Waals surface area contributed by atoms with Crippen molar-refractivity contribution in [1.29, 1.82) is 0 Å². The van der Waals surface area contributed by atoms with E-state index in [4.69, 9.17) is 9.47 Å². The first kappa shape index (κ1) is 11.1. The molecule has 2 heterocycles. The summed E-state index contributed by atoms with van der Waals surface area (Å²) in [7, 11) is 0. The van der Waals surface area contributed by atoms with Crippen molar-refractivity contribution in [2.75, 3.05) is 13.0 Å². The van der Waals surface area contributed by atoms with Gasteiger partial charge in [0.25, 0.3) is 0 Å². The molecule has 0 saturated heterocycles. The van der Waals surface area contributed by atoms with E-state index in [1.54, 1.807) is 17.2 Å². The van der Waals surface area contributed by atoms with E-state index in [-0.39, 0.29) is 6.79 Å². The average molecular weight is 262 g/mol. The zero-order valence-corrected chi connectivity index (χ0v) is 10.4. The molecular formula is C11H10N4O2S. The minimum Gasteiger partial charge on any atom is -0.454 e. The van der Waals surface area contributed by atoms with Gasteiger partial charge in [0.05, 0.1) is 6.21 Å². The van der Waals surface area contributed by atoms with E-state index in [0.717, 1.165) is 22.2 Å². The maximum atomic E-state index is 5.30. The highest BCUT2D eigenvalue weighted by molar-refractivity contribution is 7.98. The molecule has 6 nitrogen and oxygen atoms in total. The number of benzene rings is 1. The number of hydrogen-bond donors (Lipinski definition) is 0. The van der Waals surface area contributed by atoms with Gasteiger partial charge in [0.15, 0.2) is 11.5 Å². The first-order valence-corrected chi connectivity index (χ1v) is 6.47. The lowest BCUT2D eigenvalue weighted by atomic mass is 10.2. The van der Waals surface area contributed by atoms with Gasteiger partial charge in [-0.1, -0.05) is 11.8 Å². The van der Waals surface area contributed by atoms with Crippen molar-refractivity contribution in [3.63, 3.8) is 0 Å². The van der Waals surface area contributed by atoms with Crippen LogP contribution >= 0.6 is 11.8 Å². The average Bonchev–Trinajstić information content (AvgIpc) is 3.04. The van der Waals surface area contributed by atoms with Gasteiger partial charge in [-0.3, -0.25) is 0 Å². The summed E-state index contributed by atoms with van der Waals surface area (Å²) in [6.45, 7) is 0.276.